The highest BCUT2D eigenvalue weighted by Gasteiger charge is 2.11. The van der Waals surface area contributed by atoms with Crippen molar-refractivity contribution in [2.45, 2.75) is 13.5 Å². The average molecular weight is 340 g/mol. The van der Waals surface area contributed by atoms with E-state index in [4.69, 9.17) is 11.6 Å². The van der Waals surface area contributed by atoms with Gasteiger partial charge in [-0.2, -0.15) is 9.97 Å². The first-order valence-electron chi connectivity index (χ1n) is 7.37. The van der Waals surface area contributed by atoms with Crippen LogP contribution in [0, 0.1) is 6.92 Å². The number of nitrogens with one attached hydrogen (secondary N) is 2. The summed E-state index contributed by atoms with van der Waals surface area (Å²) in [5.74, 6) is 1.52. The molecular weight excluding hydrogens is 326 g/mol. The number of nitrogens with zero attached hydrogens (tertiary/aromatic N) is 5. The predicted octanol–water partition coefficient (Wildman–Crippen LogP) is 3.59. The fourth-order valence-electron chi connectivity index (χ4n) is 2.72. The first-order valence-corrected chi connectivity index (χ1v) is 7.75. The van der Waals surface area contributed by atoms with Gasteiger partial charge in [-0.15, -0.1) is 6.58 Å². The Morgan fingerprint density at radius 2 is 2.21 bits per heavy atom. The van der Waals surface area contributed by atoms with Crippen molar-refractivity contribution in [2.24, 2.45) is 0 Å². The van der Waals surface area contributed by atoms with Gasteiger partial charge in [0.2, 0.25) is 5.28 Å². The molecule has 0 unspecified atom stereocenters. The number of aromatic nitrogens is 6. The van der Waals surface area contributed by atoms with Crippen LogP contribution < -0.4 is 5.32 Å². The van der Waals surface area contributed by atoms with E-state index in [2.05, 4.69) is 41.4 Å². The Kier molecular flexibility index (Phi) is 3.42. The molecule has 8 heteroatoms. The van der Waals surface area contributed by atoms with Gasteiger partial charge in [0.1, 0.15) is 11.3 Å². The highest BCUT2D eigenvalue weighted by Crippen LogP contribution is 2.26. The summed E-state index contributed by atoms with van der Waals surface area (Å²) in [7, 11) is 0. The summed E-state index contributed by atoms with van der Waals surface area (Å²) in [6.45, 7) is 6.50. The van der Waals surface area contributed by atoms with Crippen LogP contribution >= 0.6 is 11.6 Å². The zero-order chi connectivity index (χ0) is 16.7. The Balaban J connectivity index is 1.76. The fraction of sp³-hybridized carbons (Fsp3) is 0.125. The molecule has 3 aromatic heterocycles. The van der Waals surface area contributed by atoms with E-state index >= 15 is 0 Å². The number of allylic oxidation sites excluding steroid dienone is 1. The zero-order valence-corrected chi connectivity index (χ0v) is 13.7. The lowest BCUT2D eigenvalue weighted by molar-refractivity contribution is 0.808. The Morgan fingerprint density at radius 1 is 1.33 bits per heavy atom. The molecule has 0 aliphatic rings. The highest BCUT2D eigenvalue weighted by molar-refractivity contribution is 6.28. The Morgan fingerprint density at radius 3 is 3.04 bits per heavy atom. The second-order valence-corrected chi connectivity index (χ2v) is 5.67. The van der Waals surface area contributed by atoms with Crippen LogP contribution in [0.15, 0.2) is 37.2 Å². The SMILES string of the molecule is C=CCn1c(C)nc2cc(Nc3nc(Cl)nc4nc[nH]c34)ccc21. The first kappa shape index (κ1) is 14.6. The van der Waals surface area contributed by atoms with Gasteiger partial charge in [0.25, 0.3) is 0 Å². The van der Waals surface area contributed by atoms with Gasteiger partial charge in [-0.1, -0.05) is 6.08 Å². The normalized spacial score (nSPS) is 11.2. The molecule has 3 heterocycles. The molecule has 0 amide bonds. The van der Waals surface area contributed by atoms with Crippen LogP contribution in [0.5, 0.6) is 0 Å². The van der Waals surface area contributed by atoms with Crippen LogP contribution in [0.4, 0.5) is 11.5 Å². The smallest absolute Gasteiger partial charge is 0.226 e. The van der Waals surface area contributed by atoms with Crippen molar-refractivity contribution in [3.05, 3.63) is 48.3 Å². The number of hydrogen-bond donors (Lipinski definition) is 2. The van der Waals surface area contributed by atoms with E-state index in [0.29, 0.717) is 17.0 Å². The van der Waals surface area contributed by atoms with E-state index in [1.54, 1.807) is 6.33 Å². The molecule has 0 radical (unpaired) electrons. The molecule has 0 spiro atoms. The topological polar surface area (TPSA) is 84.3 Å². The fourth-order valence-corrected chi connectivity index (χ4v) is 2.89. The third-order valence-corrected chi connectivity index (χ3v) is 3.94. The number of fused-ring (bicyclic) bond motifs is 2. The van der Waals surface area contributed by atoms with E-state index in [1.807, 2.05) is 31.2 Å². The first-order chi connectivity index (χ1) is 11.7. The van der Waals surface area contributed by atoms with Gasteiger partial charge in [0, 0.05) is 12.2 Å². The van der Waals surface area contributed by atoms with Crippen molar-refractivity contribution >= 4 is 45.3 Å². The third-order valence-electron chi connectivity index (χ3n) is 3.77. The molecule has 1 aromatic carbocycles. The molecule has 0 aliphatic heterocycles. The maximum absolute atomic E-state index is 5.96. The molecule has 7 nitrogen and oxygen atoms in total. The lowest BCUT2D eigenvalue weighted by Crippen LogP contribution is -1.98. The second-order valence-electron chi connectivity index (χ2n) is 5.33. The van der Waals surface area contributed by atoms with Gasteiger partial charge in [0.15, 0.2) is 11.5 Å². The minimum atomic E-state index is 0.143. The number of H-pyrrole nitrogens is 1. The maximum Gasteiger partial charge on any atom is 0.226 e. The van der Waals surface area contributed by atoms with Crippen LogP contribution in [-0.2, 0) is 6.54 Å². The third kappa shape index (κ3) is 2.39. The van der Waals surface area contributed by atoms with Crippen LogP contribution in [0.3, 0.4) is 0 Å². The Labute approximate surface area is 142 Å². The largest absolute Gasteiger partial charge is 0.340 e. The number of aryl methyl sites for hydroxylation is 1. The summed E-state index contributed by atoms with van der Waals surface area (Å²) >= 11 is 5.96. The van der Waals surface area contributed by atoms with E-state index in [9.17, 15) is 0 Å². The number of imidazole rings is 2. The molecule has 0 saturated carbocycles. The number of hydrogen-bond acceptors (Lipinski definition) is 5. The summed E-state index contributed by atoms with van der Waals surface area (Å²) in [6.07, 6.45) is 3.42. The van der Waals surface area contributed by atoms with Gasteiger partial charge in [0.05, 0.1) is 17.4 Å². The minimum absolute atomic E-state index is 0.143. The molecule has 120 valence electrons. The Hall–Kier alpha value is -2.93. The summed E-state index contributed by atoms with van der Waals surface area (Å²) in [4.78, 5) is 20.0. The molecule has 4 aromatic rings. The van der Waals surface area contributed by atoms with Crippen molar-refractivity contribution in [3.63, 3.8) is 0 Å². The van der Waals surface area contributed by atoms with Crippen LogP contribution in [0.25, 0.3) is 22.2 Å². The Bertz CT molecular complexity index is 1060. The average Bonchev–Trinajstić information content (AvgIpc) is 3.12. The maximum atomic E-state index is 5.96. The molecule has 2 N–H and O–H groups in total. The van der Waals surface area contributed by atoms with E-state index in [0.717, 1.165) is 29.1 Å². The van der Waals surface area contributed by atoms with Crippen LogP contribution in [-0.4, -0.2) is 29.5 Å². The van der Waals surface area contributed by atoms with Crippen molar-refractivity contribution in [3.8, 4) is 0 Å². The van der Waals surface area contributed by atoms with Crippen molar-refractivity contribution in [1.82, 2.24) is 29.5 Å². The lowest BCUT2D eigenvalue weighted by Gasteiger charge is -2.07. The van der Waals surface area contributed by atoms with Gasteiger partial charge >= 0.3 is 0 Å². The van der Waals surface area contributed by atoms with Crippen LogP contribution in [0.2, 0.25) is 5.28 Å². The lowest BCUT2D eigenvalue weighted by atomic mass is 10.2. The second kappa shape index (κ2) is 5.61. The highest BCUT2D eigenvalue weighted by atomic mass is 35.5. The predicted molar refractivity (Wildman–Crippen MR) is 94.6 cm³/mol. The monoisotopic (exact) mass is 339 g/mol. The van der Waals surface area contributed by atoms with Crippen molar-refractivity contribution < 1.29 is 0 Å². The van der Waals surface area contributed by atoms with E-state index in [-0.39, 0.29) is 5.28 Å². The van der Waals surface area contributed by atoms with Gasteiger partial charge in [-0.25, -0.2) is 9.97 Å². The minimum Gasteiger partial charge on any atom is -0.340 e. The van der Waals surface area contributed by atoms with E-state index < -0.39 is 0 Å². The van der Waals surface area contributed by atoms with Gasteiger partial charge in [-0.3, -0.25) is 0 Å². The van der Waals surface area contributed by atoms with Gasteiger partial charge < -0.3 is 14.9 Å². The molecule has 0 saturated heterocycles. The molecule has 0 fully saturated rings. The molecule has 24 heavy (non-hydrogen) atoms. The molecule has 0 aliphatic carbocycles. The summed E-state index contributed by atoms with van der Waals surface area (Å²) in [6, 6.07) is 5.97. The van der Waals surface area contributed by atoms with E-state index in [1.165, 1.54) is 0 Å². The summed E-state index contributed by atoms with van der Waals surface area (Å²) in [5.41, 5.74) is 4.04. The van der Waals surface area contributed by atoms with Crippen LogP contribution in [0.1, 0.15) is 5.82 Å². The standard InChI is InChI=1S/C16H14ClN7/c1-3-6-24-9(2)20-11-7-10(4-5-12(11)24)21-15-13-14(19-8-18-13)22-16(17)23-15/h3-5,7-8H,1,6H2,2H3,(H2,18,19,21,22,23). The number of benzene rings is 1. The summed E-state index contributed by atoms with van der Waals surface area (Å²) in [5, 5.41) is 3.39. The van der Waals surface area contributed by atoms with Crippen molar-refractivity contribution in [1.29, 1.82) is 0 Å². The van der Waals surface area contributed by atoms with Crippen molar-refractivity contribution in [2.75, 3.05) is 5.32 Å². The number of anilines is 2. The molecule has 4 rings (SSSR count). The van der Waals surface area contributed by atoms with Gasteiger partial charge in [-0.05, 0) is 36.7 Å². The number of halogens is 1. The molecular formula is C16H14ClN7. The zero-order valence-electron chi connectivity index (χ0n) is 12.9. The molecule has 0 atom stereocenters. The quantitative estimate of drug-likeness (QED) is 0.438. The number of rotatable bonds is 4. The molecule has 0 bridgehead atoms. The summed E-state index contributed by atoms with van der Waals surface area (Å²) < 4.78 is 2.11. The number of aromatic amines is 1.